The fraction of sp³-hybridized carbons (Fsp3) is 0.227. The van der Waals surface area contributed by atoms with Crippen LogP contribution < -0.4 is 4.74 Å². The van der Waals surface area contributed by atoms with E-state index in [9.17, 15) is 4.79 Å². The molecule has 0 unspecified atom stereocenters. The van der Waals surface area contributed by atoms with E-state index in [1.54, 1.807) is 7.11 Å². The van der Waals surface area contributed by atoms with Gasteiger partial charge in [-0.3, -0.25) is 4.79 Å². The maximum Gasteiger partial charge on any atom is 0.191 e. The first-order chi connectivity index (χ1) is 13.6. The van der Waals surface area contributed by atoms with Crippen LogP contribution in [-0.2, 0) is 13.0 Å². The van der Waals surface area contributed by atoms with Crippen molar-refractivity contribution in [2.45, 2.75) is 25.0 Å². The van der Waals surface area contributed by atoms with Crippen molar-refractivity contribution in [2.24, 2.45) is 0 Å². The number of nitrogens with zero attached hydrogens (tertiary/aromatic N) is 3. The highest BCUT2D eigenvalue weighted by atomic mass is 32.2. The molecule has 0 N–H and O–H groups in total. The van der Waals surface area contributed by atoms with Gasteiger partial charge in [0.05, 0.1) is 12.9 Å². The molecule has 0 aliphatic rings. The molecule has 0 bridgehead atoms. The second kappa shape index (κ2) is 9.37. The highest BCUT2D eigenvalue weighted by Crippen LogP contribution is 2.21. The maximum atomic E-state index is 12.4. The van der Waals surface area contributed by atoms with Gasteiger partial charge in [-0.15, -0.1) is 16.8 Å². The molecule has 0 fully saturated rings. The molecule has 0 aliphatic carbocycles. The Hall–Kier alpha value is -2.86. The van der Waals surface area contributed by atoms with Gasteiger partial charge in [0.2, 0.25) is 0 Å². The zero-order chi connectivity index (χ0) is 19.9. The molecule has 0 radical (unpaired) electrons. The summed E-state index contributed by atoms with van der Waals surface area (Å²) in [5.41, 5.74) is 2.97. The molecule has 6 heteroatoms. The standard InChI is InChI=1S/C22H23N3O2S/c1-4-13-25-21(14-17-7-11-19(27-3)12-8-17)23-24-22(25)28-15-20(26)18-9-5-16(2)6-10-18/h4-12H,1,13-15H2,2-3H3. The summed E-state index contributed by atoms with van der Waals surface area (Å²) < 4.78 is 7.21. The van der Waals surface area contributed by atoms with E-state index < -0.39 is 0 Å². The van der Waals surface area contributed by atoms with Crippen LogP contribution in [-0.4, -0.2) is 33.4 Å². The van der Waals surface area contributed by atoms with Gasteiger partial charge >= 0.3 is 0 Å². The summed E-state index contributed by atoms with van der Waals surface area (Å²) in [7, 11) is 1.65. The Kier molecular flexibility index (Phi) is 6.66. The number of hydrogen-bond donors (Lipinski definition) is 0. The van der Waals surface area contributed by atoms with Crippen molar-refractivity contribution in [3.05, 3.63) is 83.7 Å². The molecular formula is C22H23N3O2S. The van der Waals surface area contributed by atoms with Crippen LogP contribution in [0, 0.1) is 6.92 Å². The Morgan fingerprint density at radius 3 is 2.50 bits per heavy atom. The lowest BCUT2D eigenvalue weighted by atomic mass is 10.1. The van der Waals surface area contributed by atoms with Crippen molar-refractivity contribution in [3.8, 4) is 5.75 Å². The average molecular weight is 394 g/mol. The lowest BCUT2D eigenvalue weighted by Crippen LogP contribution is -2.07. The van der Waals surface area contributed by atoms with Crippen molar-refractivity contribution < 1.29 is 9.53 Å². The Balaban J connectivity index is 1.71. The third kappa shape index (κ3) is 4.89. The summed E-state index contributed by atoms with van der Waals surface area (Å²) in [5, 5.41) is 9.36. The third-order valence-electron chi connectivity index (χ3n) is 4.33. The third-order valence-corrected chi connectivity index (χ3v) is 5.30. The van der Waals surface area contributed by atoms with E-state index in [4.69, 9.17) is 4.74 Å². The van der Waals surface area contributed by atoms with Gasteiger partial charge < -0.3 is 9.30 Å². The van der Waals surface area contributed by atoms with Gasteiger partial charge in [-0.05, 0) is 24.6 Å². The van der Waals surface area contributed by atoms with Crippen molar-refractivity contribution in [2.75, 3.05) is 12.9 Å². The molecule has 144 valence electrons. The topological polar surface area (TPSA) is 57.0 Å². The van der Waals surface area contributed by atoms with Gasteiger partial charge in [-0.1, -0.05) is 59.8 Å². The van der Waals surface area contributed by atoms with E-state index in [1.807, 2.05) is 66.1 Å². The molecule has 3 rings (SSSR count). The molecule has 0 saturated carbocycles. The number of Topliss-reactive ketones (excluding diaryl/α,β-unsaturated/α-hetero) is 1. The Morgan fingerprint density at radius 2 is 1.86 bits per heavy atom. The Labute approximate surface area is 169 Å². The monoisotopic (exact) mass is 393 g/mol. The molecular weight excluding hydrogens is 370 g/mol. The summed E-state index contributed by atoms with van der Waals surface area (Å²) in [6, 6.07) is 15.5. The van der Waals surface area contributed by atoms with E-state index in [0.29, 0.717) is 24.3 Å². The normalized spacial score (nSPS) is 10.6. The fourth-order valence-electron chi connectivity index (χ4n) is 2.75. The summed E-state index contributed by atoms with van der Waals surface area (Å²) >= 11 is 1.40. The van der Waals surface area contributed by atoms with Crippen LogP contribution in [0.5, 0.6) is 5.75 Å². The molecule has 2 aromatic carbocycles. The maximum absolute atomic E-state index is 12.4. The van der Waals surface area contributed by atoms with E-state index in [-0.39, 0.29) is 5.78 Å². The van der Waals surface area contributed by atoms with E-state index in [2.05, 4.69) is 16.8 Å². The molecule has 1 heterocycles. The molecule has 0 saturated heterocycles. The second-order valence-corrected chi connectivity index (χ2v) is 7.34. The predicted molar refractivity (Wildman–Crippen MR) is 112 cm³/mol. The quantitative estimate of drug-likeness (QED) is 0.307. The van der Waals surface area contributed by atoms with Crippen molar-refractivity contribution in [1.82, 2.24) is 14.8 Å². The largest absolute Gasteiger partial charge is 0.497 e. The lowest BCUT2D eigenvalue weighted by molar-refractivity contribution is 0.102. The summed E-state index contributed by atoms with van der Waals surface area (Å²) in [4.78, 5) is 12.4. The SMILES string of the molecule is C=CCn1c(Cc2ccc(OC)cc2)nnc1SCC(=O)c1ccc(C)cc1. The van der Waals surface area contributed by atoms with Gasteiger partial charge in [-0.25, -0.2) is 0 Å². The number of aryl methyl sites for hydroxylation is 1. The van der Waals surface area contributed by atoms with Crippen molar-refractivity contribution >= 4 is 17.5 Å². The molecule has 0 atom stereocenters. The highest BCUT2D eigenvalue weighted by molar-refractivity contribution is 7.99. The van der Waals surface area contributed by atoms with E-state index >= 15 is 0 Å². The number of benzene rings is 2. The van der Waals surface area contributed by atoms with Crippen LogP contribution in [0.1, 0.15) is 27.3 Å². The van der Waals surface area contributed by atoms with Gasteiger partial charge in [-0.2, -0.15) is 0 Å². The number of hydrogen-bond acceptors (Lipinski definition) is 5. The first-order valence-corrected chi connectivity index (χ1v) is 9.98. The molecule has 5 nitrogen and oxygen atoms in total. The van der Waals surface area contributed by atoms with Crippen LogP contribution in [0.4, 0.5) is 0 Å². The number of ketones is 1. The number of aromatic nitrogens is 3. The molecule has 28 heavy (non-hydrogen) atoms. The minimum Gasteiger partial charge on any atom is -0.497 e. The lowest BCUT2D eigenvalue weighted by Gasteiger charge is -2.08. The predicted octanol–water partition coefficient (Wildman–Crippen LogP) is 4.35. The van der Waals surface area contributed by atoms with Crippen LogP contribution >= 0.6 is 11.8 Å². The van der Waals surface area contributed by atoms with Gasteiger partial charge in [0.25, 0.3) is 0 Å². The summed E-state index contributed by atoms with van der Waals surface area (Å²) in [5.74, 6) is 2.06. The average Bonchev–Trinajstić information content (AvgIpc) is 3.09. The molecule has 1 aromatic heterocycles. The van der Waals surface area contributed by atoms with E-state index in [0.717, 1.165) is 27.9 Å². The first-order valence-electron chi connectivity index (χ1n) is 8.99. The Bertz CT molecular complexity index is 947. The summed E-state index contributed by atoms with van der Waals surface area (Å²) in [6.45, 7) is 6.43. The highest BCUT2D eigenvalue weighted by Gasteiger charge is 2.15. The summed E-state index contributed by atoms with van der Waals surface area (Å²) in [6.07, 6.45) is 2.46. The number of thioether (sulfide) groups is 1. The van der Waals surface area contributed by atoms with Gasteiger partial charge in [0.15, 0.2) is 10.9 Å². The van der Waals surface area contributed by atoms with Crippen molar-refractivity contribution in [3.63, 3.8) is 0 Å². The van der Waals surface area contributed by atoms with Crippen molar-refractivity contribution in [1.29, 1.82) is 0 Å². The first kappa shape index (κ1) is 19.9. The van der Waals surface area contributed by atoms with Gasteiger partial charge in [0, 0.05) is 18.5 Å². The number of allylic oxidation sites excluding steroid dienone is 1. The number of carbonyl (C=O) groups is 1. The van der Waals surface area contributed by atoms with Gasteiger partial charge in [0.1, 0.15) is 11.6 Å². The Morgan fingerprint density at radius 1 is 1.14 bits per heavy atom. The smallest absolute Gasteiger partial charge is 0.191 e. The van der Waals surface area contributed by atoms with E-state index in [1.165, 1.54) is 11.8 Å². The molecule has 0 aliphatic heterocycles. The number of methoxy groups -OCH3 is 1. The molecule has 0 spiro atoms. The number of ether oxygens (including phenoxy) is 1. The number of carbonyl (C=O) groups excluding carboxylic acids is 1. The zero-order valence-electron chi connectivity index (χ0n) is 16.1. The fourth-order valence-corrected chi connectivity index (χ4v) is 3.61. The van der Waals surface area contributed by atoms with Crippen LogP contribution in [0.3, 0.4) is 0 Å². The molecule has 0 amide bonds. The molecule has 3 aromatic rings. The van der Waals surface area contributed by atoms with Crippen LogP contribution in [0.15, 0.2) is 66.3 Å². The number of rotatable bonds is 9. The minimum absolute atomic E-state index is 0.0786. The zero-order valence-corrected chi connectivity index (χ0v) is 16.9. The second-order valence-electron chi connectivity index (χ2n) is 6.40. The van der Waals surface area contributed by atoms with Crippen LogP contribution in [0.25, 0.3) is 0 Å². The van der Waals surface area contributed by atoms with Crippen LogP contribution in [0.2, 0.25) is 0 Å². The minimum atomic E-state index is 0.0786.